The Morgan fingerprint density at radius 3 is 0.872 bits per heavy atom. The molecule has 0 unspecified atom stereocenters. The molecule has 0 spiro atoms. The van der Waals surface area contributed by atoms with Crippen LogP contribution in [0.4, 0.5) is 101 Å². The molecule has 236 valence electrons. The van der Waals surface area contributed by atoms with Gasteiger partial charge in [-0.1, -0.05) is 0 Å². The van der Waals surface area contributed by atoms with Crippen LogP contribution in [0.5, 0.6) is 0 Å². The van der Waals surface area contributed by atoms with Gasteiger partial charge in [0.25, 0.3) is 0 Å². The fourth-order valence-electron chi connectivity index (χ4n) is 1.66. The van der Waals surface area contributed by atoms with Gasteiger partial charge >= 0.3 is 66.5 Å². The van der Waals surface area contributed by atoms with E-state index in [2.05, 4.69) is 0 Å². The second-order valence-electron chi connectivity index (χ2n) is 6.50. The average Bonchev–Trinajstić information content (AvgIpc) is 2.62. The Balaban J connectivity index is 7.14. The summed E-state index contributed by atoms with van der Waals surface area (Å²) in [6.45, 7) is -3.62. The molecule has 0 aromatic carbocycles. The molecule has 0 saturated carbocycles. The van der Waals surface area contributed by atoms with Crippen LogP contribution in [0.2, 0.25) is 0 Å². The van der Waals surface area contributed by atoms with Gasteiger partial charge in [-0.15, -0.1) is 0 Å². The van der Waals surface area contributed by atoms with Gasteiger partial charge in [-0.05, 0) is 0 Å². The molecule has 0 fully saturated rings. The van der Waals surface area contributed by atoms with Gasteiger partial charge in [0.05, 0.1) is 0 Å². The van der Waals surface area contributed by atoms with Crippen molar-refractivity contribution in [1.82, 2.24) is 0 Å². The monoisotopic (exact) mass is 648 g/mol. The highest BCUT2D eigenvalue weighted by Crippen LogP contribution is 2.59. The Bertz CT molecular complexity index is 855. The number of rotatable bonds is 10. The third-order valence-electron chi connectivity index (χ3n) is 3.65. The van der Waals surface area contributed by atoms with Crippen molar-refractivity contribution in [3.63, 3.8) is 0 Å². The Labute approximate surface area is 195 Å². The lowest BCUT2D eigenvalue weighted by atomic mass is 10.2. The van der Waals surface area contributed by atoms with Gasteiger partial charge in [0, 0.05) is 0 Å². The van der Waals surface area contributed by atoms with Crippen molar-refractivity contribution < 1.29 is 120 Å². The van der Waals surface area contributed by atoms with E-state index in [1.165, 1.54) is 0 Å². The molecular formula is C12H3F23O4. The van der Waals surface area contributed by atoms with E-state index in [-0.39, 0.29) is 0 Å². The van der Waals surface area contributed by atoms with Crippen LogP contribution in [0.15, 0.2) is 0 Å². The average molecular weight is 648 g/mol. The van der Waals surface area contributed by atoms with Crippen LogP contribution in [0, 0.1) is 0 Å². The summed E-state index contributed by atoms with van der Waals surface area (Å²) < 4.78 is 300. The van der Waals surface area contributed by atoms with Gasteiger partial charge in [0.1, 0.15) is 6.61 Å². The van der Waals surface area contributed by atoms with E-state index >= 15 is 0 Å². The molecule has 0 aromatic rings. The lowest BCUT2D eigenvalue weighted by molar-refractivity contribution is -0.579. The van der Waals surface area contributed by atoms with Gasteiger partial charge in [-0.3, -0.25) is 14.2 Å². The number of aliphatic hydroxyl groups excluding tert-OH is 1. The molecule has 0 saturated heterocycles. The first-order chi connectivity index (χ1) is 16.4. The minimum Gasteiger partial charge on any atom is -0.390 e. The predicted molar refractivity (Wildman–Crippen MR) is 65.9 cm³/mol. The molecule has 3 atom stereocenters. The van der Waals surface area contributed by atoms with Crippen molar-refractivity contribution in [3.8, 4) is 0 Å². The predicted octanol–water partition coefficient (Wildman–Crippen LogP) is 6.69. The summed E-state index contributed by atoms with van der Waals surface area (Å²) in [5.74, 6) is -31.9. The normalized spacial score (nSPS) is 20.3. The molecule has 0 heterocycles. The van der Waals surface area contributed by atoms with Gasteiger partial charge in [0.2, 0.25) is 0 Å². The summed E-state index contributed by atoms with van der Waals surface area (Å²) in [5, 5.41) is 8.07. The van der Waals surface area contributed by atoms with Gasteiger partial charge < -0.3 is 5.11 Å². The first-order valence-electron chi connectivity index (χ1n) is 7.99. The van der Waals surface area contributed by atoms with Gasteiger partial charge in [-0.2, -0.15) is 101 Å². The van der Waals surface area contributed by atoms with Crippen molar-refractivity contribution in [1.29, 1.82) is 0 Å². The van der Waals surface area contributed by atoms with E-state index in [1.807, 2.05) is 0 Å². The van der Waals surface area contributed by atoms with Gasteiger partial charge in [0.15, 0.2) is 0 Å². The summed E-state index contributed by atoms with van der Waals surface area (Å²) in [5.41, 5.74) is 0. The zero-order chi connectivity index (χ0) is 32.3. The van der Waals surface area contributed by atoms with Crippen LogP contribution in [0.1, 0.15) is 0 Å². The van der Waals surface area contributed by atoms with Crippen molar-refractivity contribution in [2.75, 3.05) is 6.61 Å². The molecular weight excluding hydrogens is 645 g/mol. The summed E-state index contributed by atoms with van der Waals surface area (Å²) in [6.07, 6.45) is -56.9. The molecule has 1 N–H and O–H groups in total. The van der Waals surface area contributed by atoms with Crippen LogP contribution >= 0.6 is 0 Å². The van der Waals surface area contributed by atoms with Crippen molar-refractivity contribution in [2.45, 2.75) is 66.5 Å². The minimum absolute atomic E-state index is 1.01. The minimum atomic E-state index is -8.68. The number of ether oxygens (including phenoxy) is 3. The van der Waals surface area contributed by atoms with E-state index in [4.69, 9.17) is 5.11 Å². The topological polar surface area (TPSA) is 47.9 Å². The summed E-state index contributed by atoms with van der Waals surface area (Å²) in [7, 11) is 0. The van der Waals surface area contributed by atoms with Crippen LogP contribution < -0.4 is 0 Å². The molecule has 27 heteroatoms. The standard InChI is InChI=1S/C12H3F23O4/c13-2(1-36,6(18,19)20)37-11(32,33)4(16,8(24,25)26)39-12(34,35)5(17,9(27,28)29)38-10(30,31)3(14,15)7(21,22)23/h36H,1H2/t2-,4+,5-/m1/s1. The van der Waals surface area contributed by atoms with Crippen LogP contribution in [0.3, 0.4) is 0 Å². The number of hydrogen-bond donors (Lipinski definition) is 1. The lowest BCUT2D eigenvalue weighted by Crippen LogP contribution is -2.70. The summed E-state index contributed by atoms with van der Waals surface area (Å²) in [4.78, 5) is 0. The third-order valence-corrected chi connectivity index (χ3v) is 3.65. The molecule has 0 aliphatic heterocycles. The Morgan fingerprint density at radius 2 is 0.641 bits per heavy atom. The Morgan fingerprint density at radius 1 is 0.359 bits per heavy atom. The molecule has 0 aliphatic rings. The quantitative estimate of drug-likeness (QED) is 0.269. The van der Waals surface area contributed by atoms with E-state index in [0.717, 1.165) is 9.47 Å². The number of alkyl halides is 23. The molecule has 0 aliphatic carbocycles. The molecule has 0 rings (SSSR count). The highest BCUT2D eigenvalue weighted by Gasteiger charge is 2.88. The smallest absolute Gasteiger partial charge is 0.390 e. The lowest BCUT2D eigenvalue weighted by Gasteiger charge is -2.42. The zero-order valence-electron chi connectivity index (χ0n) is 16.6. The van der Waals surface area contributed by atoms with Crippen LogP contribution in [-0.4, -0.2) is 78.2 Å². The van der Waals surface area contributed by atoms with Crippen molar-refractivity contribution >= 4 is 0 Å². The Hall–Kier alpha value is -1.77. The number of halogens is 23. The third kappa shape index (κ3) is 6.28. The summed E-state index contributed by atoms with van der Waals surface area (Å²) >= 11 is 0. The maximum absolute atomic E-state index is 14.0. The fraction of sp³-hybridized carbons (Fsp3) is 1.00. The van der Waals surface area contributed by atoms with E-state index in [0.29, 0.717) is 0 Å². The molecule has 0 amide bonds. The molecule has 39 heavy (non-hydrogen) atoms. The molecule has 0 bridgehead atoms. The molecule has 0 aromatic heterocycles. The maximum Gasteiger partial charge on any atom is 0.462 e. The van der Waals surface area contributed by atoms with Crippen LogP contribution in [-0.2, 0) is 14.2 Å². The number of aliphatic hydroxyl groups is 1. The largest absolute Gasteiger partial charge is 0.462 e. The molecule has 4 nitrogen and oxygen atoms in total. The maximum atomic E-state index is 14.0. The second kappa shape index (κ2) is 9.66. The first kappa shape index (κ1) is 37.2. The zero-order valence-corrected chi connectivity index (χ0v) is 16.6. The summed E-state index contributed by atoms with van der Waals surface area (Å²) in [6, 6.07) is 0. The van der Waals surface area contributed by atoms with Crippen molar-refractivity contribution in [3.05, 3.63) is 0 Å². The SMILES string of the molecule is OC[C@@](F)(OC(F)(F)[C@@](F)(OC(F)(F)[C@](F)(OC(F)(F)C(F)(F)C(F)(F)F)C(F)(F)F)C(F)(F)F)C(F)(F)F. The second-order valence-corrected chi connectivity index (χ2v) is 6.50. The molecule has 0 radical (unpaired) electrons. The van der Waals surface area contributed by atoms with Crippen LogP contribution in [0.25, 0.3) is 0 Å². The Kier molecular flexibility index (Phi) is 9.22. The number of hydrogen-bond acceptors (Lipinski definition) is 4. The highest BCUT2D eigenvalue weighted by atomic mass is 19.4. The van der Waals surface area contributed by atoms with Gasteiger partial charge in [-0.25, -0.2) is 0 Å². The fourth-order valence-corrected chi connectivity index (χ4v) is 1.66. The first-order valence-corrected chi connectivity index (χ1v) is 7.99. The van der Waals surface area contributed by atoms with E-state index < -0.39 is 73.1 Å². The van der Waals surface area contributed by atoms with Crippen molar-refractivity contribution in [2.24, 2.45) is 0 Å². The van der Waals surface area contributed by atoms with E-state index in [1.54, 1.807) is 4.74 Å². The van der Waals surface area contributed by atoms with E-state index in [9.17, 15) is 101 Å². The highest BCUT2D eigenvalue weighted by molar-refractivity contribution is 4.97.